The summed E-state index contributed by atoms with van der Waals surface area (Å²) in [7, 11) is 0. The van der Waals surface area contributed by atoms with Crippen LogP contribution in [0.4, 0.5) is 5.82 Å². The van der Waals surface area contributed by atoms with Gasteiger partial charge in [-0.15, -0.1) is 0 Å². The number of anilines is 1. The number of aromatic nitrogens is 2. The predicted molar refractivity (Wildman–Crippen MR) is 55.6 cm³/mol. The number of aromatic amines is 1. The van der Waals surface area contributed by atoms with E-state index in [0.29, 0.717) is 12.4 Å². The molecule has 1 fully saturated rings. The van der Waals surface area contributed by atoms with Crippen molar-refractivity contribution in [1.29, 1.82) is 0 Å². The van der Waals surface area contributed by atoms with Crippen LogP contribution in [0.3, 0.4) is 0 Å². The lowest BCUT2D eigenvalue weighted by molar-refractivity contribution is -0.117. The van der Waals surface area contributed by atoms with Gasteiger partial charge in [0.25, 0.3) is 0 Å². The summed E-state index contributed by atoms with van der Waals surface area (Å²) < 4.78 is 5.50. The van der Waals surface area contributed by atoms with E-state index < -0.39 is 0 Å². The molecule has 15 heavy (non-hydrogen) atoms. The first kappa shape index (κ1) is 10.2. The number of hydrogen-bond acceptors (Lipinski definition) is 3. The summed E-state index contributed by atoms with van der Waals surface area (Å²) in [5.41, 5.74) is 0. The minimum Gasteiger partial charge on any atom is -0.376 e. The second-order valence-electron chi connectivity index (χ2n) is 3.70. The van der Waals surface area contributed by atoms with E-state index in [1.54, 1.807) is 24.1 Å². The molecular formula is C10H15N3O2. The number of nitrogens with one attached hydrogen (secondary N) is 1. The van der Waals surface area contributed by atoms with Gasteiger partial charge < -0.3 is 4.74 Å². The Hall–Kier alpha value is -1.36. The number of carbonyl (C=O) groups excluding carboxylic acids is 1. The van der Waals surface area contributed by atoms with Crippen LogP contribution in [0.2, 0.25) is 0 Å². The highest BCUT2D eigenvalue weighted by molar-refractivity contribution is 5.90. The van der Waals surface area contributed by atoms with Gasteiger partial charge >= 0.3 is 0 Å². The minimum absolute atomic E-state index is 0.00222. The van der Waals surface area contributed by atoms with Gasteiger partial charge in [-0.3, -0.25) is 14.8 Å². The van der Waals surface area contributed by atoms with Crippen LogP contribution in [0.5, 0.6) is 0 Å². The van der Waals surface area contributed by atoms with Crippen molar-refractivity contribution < 1.29 is 9.53 Å². The molecule has 1 aromatic rings. The second kappa shape index (κ2) is 4.44. The van der Waals surface area contributed by atoms with Crippen molar-refractivity contribution in [2.45, 2.75) is 25.9 Å². The molecule has 0 bridgehead atoms. The molecule has 0 radical (unpaired) electrons. The molecule has 1 unspecified atom stereocenters. The molecule has 1 saturated heterocycles. The summed E-state index contributed by atoms with van der Waals surface area (Å²) in [5, 5.41) is 6.71. The maximum Gasteiger partial charge on any atom is 0.225 e. The number of ether oxygens (including phenoxy) is 1. The Morgan fingerprint density at radius 3 is 3.20 bits per heavy atom. The lowest BCUT2D eigenvalue weighted by Gasteiger charge is -2.21. The fraction of sp³-hybridized carbons (Fsp3) is 0.600. The number of amides is 1. The van der Waals surface area contributed by atoms with Crippen LogP contribution < -0.4 is 4.90 Å². The third-order valence-electron chi connectivity index (χ3n) is 2.55. The van der Waals surface area contributed by atoms with Gasteiger partial charge in [0.1, 0.15) is 0 Å². The highest BCUT2D eigenvalue weighted by atomic mass is 16.5. The number of hydrogen-bond donors (Lipinski definition) is 1. The van der Waals surface area contributed by atoms with Crippen molar-refractivity contribution in [3.8, 4) is 0 Å². The molecule has 1 N–H and O–H groups in total. The Balaban J connectivity index is 2.03. The molecule has 5 nitrogen and oxygen atoms in total. The molecule has 1 aliphatic heterocycles. The Labute approximate surface area is 88.4 Å². The lowest BCUT2D eigenvalue weighted by Crippen LogP contribution is -2.36. The Kier molecular flexibility index (Phi) is 3.01. The molecule has 1 aliphatic rings. The monoisotopic (exact) mass is 209 g/mol. The van der Waals surface area contributed by atoms with Crippen LogP contribution in [-0.2, 0) is 9.53 Å². The zero-order valence-electron chi connectivity index (χ0n) is 8.77. The number of carbonyl (C=O) groups is 1. The van der Waals surface area contributed by atoms with Crippen LogP contribution in [-0.4, -0.2) is 35.4 Å². The molecule has 0 aliphatic carbocycles. The van der Waals surface area contributed by atoms with E-state index in [-0.39, 0.29) is 12.0 Å². The normalized spacial score (nSPS) is 20.5. The summed E-state index contributed by atoms with van der Waals surface area (Å²) in [6.45, 7) is 2.95. The molecule has 82 valence electrons. The van der Waals surface area contributed by atoms with Gasteiger partial charge in [0.15, 0.2) is 5.82 Å². The van der Waals surface area contributed by atoms with Crippen molar-refractivity contribution in [3.63, 3.8) is 0 Å². The Bertz CT molecular complexity index is 317. The fourth-order valence-corrected chi connectivity index (χ4v) is 1.78. The Morgan fingerprint density at radius 1 is 1.80 bits per heavy atom. The summed E-state index contributed by atoms with van der Waals surface area (Å²) >= 11 is 0. The summed E-state index contributed by atoms with van der Waals surface area (Å²) in [4.78, 5) is 13.1. The van der Waals surface area contributed by atoms with E-state index in [1.807, 2.05) is 0 Å². The zero-order chi connectivity index (χ0) is 10.7. The third-order valence-corrected chi connectivity index (χ3v) is 2.55. The second-order valence-corrected chi connectivity index (χ2v) is 3.70. The fourth-order valence-electron chi connectivity index (χ4n) is 1.78. The van der Waals surface area contributed by atoms with E-state index in [1.165, 1.54) is 0 Å². The molecule has 2 rings (SSSR count). The first-order chi connectivity index (χ1) is 7.27. The SMILES string of the molecule is CC(=O)N(CC1CCCO1)c1cc[nH]n1. The zero-order valence-corrected chi connectivity index (χ0v) is 8.77. The van der Waals surface area contributed by atoms with Gasteiger partial charge in [-0.25, -0.2) is 0 Å². The van der Waals surface area contributed by atoms with Crippen molar-refractivity contribution in [2.75, 3.05) is 18.1 Å². The topological polar surface area (TPSA) is 58.2 Å². The van der Waals surface area contributed by atoms with Gasteiger partial charge in [0.2, 0.25) is 5.91 Å². The van der Waals surface area contributed by atoms with Crippen LogP contribution in [0, 0.1) is 0 Å². The Morgan fingerprint density at radius 2 is 2.67 bits per heavy atom. The number of rotatable bonds is 3. The van der Waals surface area contributed by atoms with E-state index in [2.05, 4.69) is 10.2 Å². The van der Waals surface area contributed by atoms with Crippen molar-refractivity contribution in [2.24, 2.45) is 0 Å². The average Bonchev–Trinajstić information content (AvgIpc) is 2.87. The summed E-state index contributed by atoms with van der Waals surface area (Å²) in [5.74, 6) is 0.663. The smallest absolute Gasteiger partial charge is 0.225 e. The number of nitrogens with zero attached hydrogens (tertiary/aromatic N) is 2. The molecule has 2 heterocycles. The van der Waals surface area contributed by atoms with E-state index in [0.717, 1.165) is 19.4 Å². The minimum atomic E-state index is -0.00222. The highest BCUT2D eigenvalue weighted by Gasteiger charge is 2.22. The van der Waals surface area contributed by atoms with Crippen LogP contribution in [0.25, 0.3) is 0 Å². The van der Waals surface area contributed by atoms with Gasteiger partial charge in [-0.05, 0) is 12.8 Å². The van der Waals surface area contributed by atoms with Crippen molar-refractivity contribution in [1.82, 2.24) is 10.2 Å². The van der Waals surface area contributed by atoms with E-state index >= 15 is 0 Å². The molecule has 1 amide bonds. The quantitative estimate of drug-likeness (QED) is 0.806. The van der Waals surface area contributed by atoms with E-state index in [9.17, 15) is 4.79 Å². The number of H-pyrrole nitrogens is 1. The first-order valence-electron chi connectivity index (χ1n) is 5.17. The van der Waals surface area contributed by atoms with Crippen molar-refractivity contribution >= 4 is 11.7 Å². The standard InChI is InChI=1S/C10H15N3O2/c1-8(14)13(10-4-5-11-12-10)7-9-3-2-6-15-9/h4-5,9H,2-3,6-7H2,1H3,(H,11,12). The maximum atomic E-state index is 11.4. The molecule has 0 aromatic carbocycles. The molecule has 1 atom stereocenters. The molecule has 0 saturated carbocycles. The largest absolute Gasteiger partial charge is 0.376 e. The van der Waals surface area contributed by atoms with Gasteiger partial charge in [-0.2, -0.15) is 5.10 Å². The lowest BCUT2D eigenvalue weighted by atomic mass is 10.2. The van der Waals surface area contributed by atoms with Gasteiger partial charge in [-0.1, -0.05) is 0 Å². The first-order valence-corrected chi connectivity index (χ1v) is 5.17. The van der Waals surface area contributed by atoms with Gasteiger partial charge in [0.05, 0.1) is 12.6 Å². The van der Waals surface area contributed by atoms with Gasteiger partial charge in [0, 0.05) is 25.8 Å². The summed E-state index contributed by atoms with van der Waals surface area (Å²) in [6.07, 6.45) is 3.97. The third kappa shape index (κ3) is 2.36. The summed E-state index contributed by atoms with van der Waals surface area (Å²) in [6, 6.07) is 1.79. The molecule has 1 aromatic heterocycles. The molecule has 5 heteroatoms. The van der Waals surface area contributed by atoms with Crippen LogP contribution in [0.1, 0.15) is 19.8 Å². The van der Waals surface area contributed by atoms with E-state index in [4.69, 9.17) is 4.74 Å². The molecular weight excluding hydrogens is 194 g/mol. The molecule has 0 spiro atoms. The predicted octanol–water partition coefficient (Wildman–Crippen LogP) is 0.942. The average molecular weight is 209 g/mol. The highest BCUT2D eigenvalue weighted by Crippen LogP contribution is 2.17. The maximum absolute atomic E-state index is 11.4. The van der Waals surface area contributed by atoms with Crippen LogP contribution in [0.15, 0.2) is 12.3 Å². The van der Waals surface area contributed by atoms with Crippen LogP contribution >= 0.6 is 0 Å². The van der Waals surface area contributed by atoms with Crippen molar-refractivity contribution in [3.05, 3.63) is 12.3 Å².